The van der Waals surface area contributed by atoms with E-state index < -0.39 is 18.8 Å². The molecule has 188 valence electrons. The topological polar surface area (TPSA) is 109 Å². The molecule has 13 heteroatoms. The molecule has 0 radical (unpaired) electrons. The lowest BCUT2D eigenvalue weighted by molar-refractivity contribution is -0.224. The molecule has 0 saturated heterocycles. The summed E-state index contributed by atoms with van der Waals surface area (Å²) in [5.74, 6) is 0.197. The Labute approximate surface area is 204 Å². The lowest BCUT2D eigenvalue weighted by Crippen LogP contribution is -2.36. The van der Waals surface area contributed by atoms with E-state index in [1.54, 1.807) is 19.2 Å². The third-order valence-electron chi connectivity index (χ3n) is 4.87. The Morgan fingerprint density at radius 2 is 2.20 bits per heavy atom. The number of nitrogens with zero attached hydrogens (tertiary/aromatic N) is 4. The molecule has 3 rings (SSSR count). The van der Waals surface area contributed by atoms with Crippen LogP contribution in [0.15, 0.2) is 46.7 Å². The summed E-state index contributed by atoms with van der Waals surface area (Å²) in [7, 11) is 0. The number of carbonyl (C=O) groups excluding carboxylic acids is 1. The number of rotatable bonds is 12. The number of halogens is 3. The van der Waals surface area contributed by atoms with Gasteiger partial charge in [0.05, 0.1) is 34.7 Å². The van der Waals surface area contributed by atoms with Crippen molar-refractivity contribution in [2.45, 2.75) is 39.1 Å². The maximum atomic E-state index is 13.2. The molecule has 35 heavy (non-hydrogen) atoms. The van der Waals surface area contributed by atoms with Crippen molar-refractivity contribution in [3.05, 3.63) is 47.3 Å². The molecule has 3 N–H and O–H groups in total. The minimum Gasteiger partial charge on any atom is -0.367 e. The molecule has 3 aromatic rings. The van der Waals surface area contributed by atoms with E-state index in [9.17, 15) is 18.0 Å². The summed E-state index contributed by atoms with van der Waals surface area (Å²) in [6.45, 7) is 6.58. The molecule has 2 heterocycles. The highest BCUT2D eigenvalue weighted by molar-refractivity contribution is 8.04. The number of aliphatic imine (C=N–C) groups is 1. The Balaban J connectivity index is 1.59. The monoisotopic (exact) mass is 509 g/mol. The third-order valence-corrected chi connectivity index (χ3v) is 5.76. The zero-order chi connectivity index (χ0) is 25.4. The third kappa shape index (κ3) is 7.09. The van der Waals surface area contributed by atoms with Crippen molar-refractivity contribution < 1.29 is 22.7 Å². The first-order chi connectivity index (χ1) is 16.7. The van der Waals surface area contributed by atoms with Gasteiger partial charge in [0, 0.05) is 30.5 Å². The first kappa shape index (κ1) is 26.3. The number of H-pyrrole nitrogens is 1. The van der Waals surface area contributed by atoms with Crippen LogP contribution in [-0.4, -0.2) is 57.4 Å². The average molecular weight is 510 g/mol. The zero-order valence-electron chi connectivity index (χ0n) is 19.2. The van der Waals surface area contributed by atoms with Gasteiger partial charge in [-0.25, -0.2) is 0 Å². The fourth-order valence-electron chi connectivity index (χ4n) is 3.14. The van der Waals surface area contributed by atoms with Crippen LogP contribution >= 0.6 is 11.8 Å². The number of benzene rings is 1. The van der Waals surface area contributed by atoms with Crippen LogP contribution in [0.25, 0.3) is 10.9 Å². The Morgan fingerprint density at radius 3 is 2.91 bits per heavy atom. The Morgan fingerprint density at radius 1 is 1.40 bits per heavy atom. The molecule has 0 saturated carbocycles. The number of ether oxygens (including phenoxy) is 1. The van der Waals surface area contributed by atoms with Crippen LogP contribution in [0.5, 0.6) is 0 Å². The molecule has 2 aromatic heterocycles. The smallest absolute Gasteiger partial charge is 0.367 e. The molecule has 0 aliphatic rings. The number of hydrogen-bond acceptors (Lipinski definition) is 7. The van der Waals surface area contributed by atoms with Gasteiger partial charge in [-0.2, -0.15) is 23.4 Å². The predicted molar refractivity (Wildman–Crippen MR) is 131 cm³/mol. The molecule has 0 spiro atoms. The minimum absolute atomic E-state index is 0.0102. The molecule has 0 aliphatic carbocycles. The second kappa shape index (κ2) is 11.9. The van der Waals surface area contributed by atoms with E-state index in [4.69, 9.17) is 4.74 Å². The van der Waals surface area contributed by atoms with Crippen LogP contribution in [-0.2, 0) is 16.1 Å². The number of thioether (sulfide) groups is 1. The summed E-state index contributed by atoms with van der Waals surface area (Å²) < 4.78 is 45.6. The van der Waals surface area contributed by atoms with Crippen molar-refractivity contribution in [1.82, 2.24) is 20.0 Å². The average Bonchev–Trinajstić information content (AvgIpc) is 3.46. The molecule has 1 atom stereocenters. The summed E-state index contributed by atoms with van der Waals surface area (Å²) >= 11 is 1.15. The number of aromatic nitrogens is 4. The van der Waals surface area contributed by atoms with Gasteiger partial charge in [-0.15, -0.1) is 0 Å². The molecule has 0 bridgehead atoms. The number of aryl methyl sites for hydroxylation is 1. The van der Waals surface area contributed by atoms with Crippen LogP contribution in [0.4, 0.5) is 24.7 Å². The van der Waals surface area contributed by atoms with Gasteiger partial charge in [0.15, 0.2) is 6.10 Å². The quantitative estimate of drug-likeness (QED) is 0.185. The van der Waals surface area contributed by atoms with Crippen LogP contribution in [0.1, 0.15) is 18.9 Å². The van der Waals surface area contributed by atoms with Gasteiger partial charge in [0.1, 0.15) is 5.82 Å². The van der Waals surface area contributed by atoms with Crippen LogP contribution in [0.2, 0.25) is 0 Å². The number of aromatic amines is 1. The maximum absolute atomic E-state index is 13.2. The number of alkyl halides is 3. The SMILES string of the molecule is C=N/C=C(\SCNc1ccn(CC(OCCC)C(F)(F)F)n1)C(=O)Nc1c(C)ccc2[nH]ncc12. The predicted octanol–water partition coefficient (Wildman–Crippen LogP) is 4.71. The summed E-state index contributed by atoms with van der Waals surface area (Å²) in [6, 6.07) is 5.29. The Hall–Kier alpha value is -3.32. The van der Waals surface area contributed by atoms with E-state index in [-0.39, 0.29) is 23.3 Å². The van der Waals surface area contributed by atoms with E-state index in [0.717, 1.165) is 28.2 Å². The van der Waals surface area contributed by atoms with Gasteiger partial charge in [0.25, 0.3) is 5.91 Å². The summed E-state index contributed by atoms with van der Waals surface area (Å²) in [5, 5.41) is 17.6. The Kier molecular flexibility index (Phi) is 8.93. The molecule has 0 fully saturated rings. The number of amides is 1. The largest absolute Gasteiger partial charge is 0.416 e. The normalized spacial score (nSPS) is 13.1. The maximum Gasteiger partial charge on any atom is 0.416 e. The van der Waals surface area contributed by atoms with Gasteiger partial charge in [0.2, 0.25) is 0 Å². The van der Waals surface area contributed by atoms with Crippen molar-refractivity contribution in [2.24, 2.45) is 4.99 Å². The van der Waals surface area contributed by atoms with Crippen molar-refractivity contribution in [3.8, 4) is 0 Å². The van der Waals surface area contributed by atoms with E-state index in [1.165, 1.54) is 17.1 Å². The second-order valence-corrected chi connectivity index (χ2v) is 8.53. The molecule has 9 nitrogen and oxygen atoms in total. The molecule has 1 unspecified atom stereocenters. The lowest BCUT2D eigenvalue weighted by atomic mass is 10.1. The standard InChI is InChI=1S/C22H26F3N7O2S/c1-4-9-34-18(22(23,24)25)12-32-8-7-19(31-32)27-13-35-17(11-26-3)21(33)29-20-14(2)5-6-16-15(20)10-28-30-16/h5-8,10-11,18H,3-4,9,12-13H2,1-2H3,(H,27,31)(H,28,30)(H,29,33)/b17-11-. The van der Waals surface area contributed by atoms with Crippen LogP contribution < -0.4 is 10.6 Å². The first-order valence-corrected chi connectivity index (χ1v) is 11.7. The molecule has 1 amide bonds. The lowest BCUT2D eigenvalue weighted by Gasteiger charge is -2.20. The van der Waals surface area contributed by atoms with Crippen molar-refractivity contribution in [3.63, 3.8) is 0 Å². The number of nitrogens with one attached hydrogen (secondary N) is 3. The number of carbonyl (C=O) groups is 1. The van der Waals surface area contributed by atoms with E-state index in [0.29, 0.717) is 17.9 Å². The van der Waals surface area contributed by atoms with Gasteiger partial charge in [-0.1, -0.05) is 24.8 Å². The first-order valence-electron chi connectivity index (χ1n) is 10.7. The number of anilines is 2. The number of fused-ring (bicyclic) bond motifs is 1. The fraction of sp³-hybridized carbons (Fsp3) is 0.364. The molecule has 0 aliphatic heterocycles. The molecular formula is C22H26F3N7O2S. The highest BCUT2D eigenvalue weighted by Gasteiger charge is 2.41. The van der Waals surface area contributed by atoms with Gasteiger partial charge in [-0.05, 0) is 31.7 Å². The van der Waals surface area contributed by atoms with Gasteiger partial charge < -0.3 is 15.4 Å². The summed E-state index contributed by atoms with van der Waals surface area (Å²) in [6.07, 6.45) is -1.54. The van der Waals surface area contributed by atoms with Gasteiger partial charge >= 0.3 is 6.18 Å². The minimum atomic E-state index is -4.49. The highest BCUT2D eigenvalue weighted by atomic mass is 32.2. The van der Waals surface area contributed by atoms with Crippen molar-refractivity contribution in [2.75, 3.05) is 23.1 Å². The zero-order valence-corrected chi connectivity index (χ0v) is 20.0. The van der Waals surface area contributed by atoms with Crippen molar-refractivity contribution in [1.29, 1.82) is 0 Å². The summed E-state index contributed by atoms with van der Waals surface area (Å²) in [4.78, 5) is 16.9. The fourth-order valence-corrected chi connectivity index (χ4v) is 3.84. The highest BCUT2D eigenvalue weighted by Crippen LogP contribution is 2.28. The van der Waals surface area contributed by atoms with Gasteiger partial charge in [-0.3, -0.25) is 19.6 Å². The summed E-state index contributed by atoms with van der Waals surface area (Å²) in [5.41, 5.74) is 2.29. The van der Waals surface area contributed by atoms with E-state index >= 15 is 0 Å². The second-order valence-electron chi connectivity index (χ2n) is 7.51. The Bertz CT molecular complexity index is 1190. The van der Waals surface area contributed by atoms with E-state index in [1.807, 2.05) is 19.1 Å². The number of hydrogen-bond donors (Lipinski definition) is 3. The van der Waals surface area contributed by atoms with Crippen LogP contribution in [0, 0.1) is 6.92 Å². The van der Waals surface area contributed by atoms with Crippen molar-refractivity contribution >= 4 is 46.8 Å². The molecule has 1 aromatic carbocycles. The van der Waals surface area contributed by atoms with Crippen LogP contribution in [0.3, 0.4) is 0 Å². The molecular weight excluding hydrogens is 483 g/mol. The van der Waals surface area contributed by atoms with E-state index in [2.05, 4.69) is 37.6 Å².